The molecule has 2 aromatic heterocycles. The van der Waals surface area contributed by atoms with Crippen molar-refractivity contribution in [3.63, 3.8) is 0 Å². The Morgan fingerprint density at radius 1 is 1.21 bits per heavy atom. The lowest BCUT2D eigenvalue weighted by Gasteiger charge is -2.35. The molecular weight excluding hydrogens is 474 g/mol. The number of nitrogens with zero attached hydrogens (tertiary/aromatic N) is 5. The molecule has 1 saturated heterocycles. The van der Waals surface area contributed by atoms with Crippen LogP contribution in [0.5, 0.6) is 0 Å². The topological polar surface area (TPSA) is 107 Å². The number of carbonyl (C=O) groups is 1. The zero-order valence-electron chi connectivity index (χ0n) is 19.2. The number of aryl methyl sites for hydroxylation is 2. The Balaban J connectivity index is 1.38. The number of aliphatic hydroxyl groups excluding tert-OH is 1. The van der Waals surface area contributed by atoms with E-state index in [0.717, 1.165) is 42.4 Å². The number of nitrogens with one attached hydrogen (secondary N) is 2. The number of thiazole rings is 1. The molecule has 34 heavy (non-hydrogen) atoms. The van der Waals surface area contributed by atoms with Gasteiger partial charge in [0.2, 0.25) is 5.91 Å². The van der Waals surface area contributed by atoms with Crippen LogP contribution < -0.4 is 15.5 Å². The number of para-hydroxylation sites is 1. The number of aromatic nitrogens is 3. The van der Waals surface area contributed by atoms with Crippen LogP contribution in [0.2, 0.25) is 5.02 Å². The molecule has 11 heteroatoms. The van der Waals surface area contributed by atoms with Crippen LogP contribution in [0.4, 0.5) is 22.5 Å². The largest absolute Gasteiger partial charge is 0.395 e. The monoisotopic (exact) mass is 501 g/mol. The molecule has 4 rings (SSSR count). The smallest absolute Gasteiger partial charge is 0.229 e. The van der Waals surface area contributed by atoms with Gasteiger partial charge in [-0.05, 0) is 25.5 Å². The maximum Gasteiger partial charge on any atom is 0.229 e. The van der Waals surface area contributed by atoms with Crippen LogP contribution >= 0.6 is 22.9 Å². The average Bonchev–Trinajstić information content (AvgIpc) is 3.23. The van der Waals surface area contributed by atoms with Crippen molar-refractivity contribution in [3.8, 4) is 0 Å². The molecule has 0 unspecified atom stereocenters. The standard InChI is InChI=1S/C23H28ClN7O2S/c1-15-4-3-5-18(24)22(15)29-21(33)12-17-14-25-23(34-17)28-19-13-20(27-16(2)26-19)31-8-6-30(7-9-31)10-11-32/h3-5,13-14,32H,6-12H2,1-2H3,(H,29,33)(H,25,26,27,28). The normalized spacial score (nSPS) is 14.3. The van der Waals surface area contributed by atoms with Crippen molar-refractivity contribution in [3.05, 3.63) is 51.7 Å². The predicted molar refractivity (Wildman–Crippen MR) is 136 cm³/mol. The summed E-state index contributed by atoms with van der Waals surface area (Å²) in [5, 5.41) is 16.5. The number of piperazine rings is 1. The van der Waals surface area contributed by atoms with Crippen molar-refractivity contribution in [1.29, 1.82) is 0 Å². The fourth-order valence-corrected chi connectivity index (χ4v) is 4.90. The van der Waals surface area contributed by atoms with Crippen LogP contribution in [0.15, 0.2) is 30.5 Å². The van der Waals surface area contributed by atoms with Crippen LogP contribution in [0.25, 0.3) is 0 Å². The minimum absolute atomic E-state index is 0.146. The van der Waals surface area contributed by atoms with Crippen molar-refractivity contribution >= 4 is 51.3 Å². The minimum atomic E-state index is -0.146. The van der Waals surface area contributed by atoms with E-state index in [4.69, 9.17) is 16.7 Å². The molecule has 0 radical (unpaired) electrons. The highest BCUT2D eigenvalue weighted by Crippen LogP contribution is 2.27. The highest BCUT2D eigenvalue weighted by atomic mass is 35.5. The number of benzene rings is 1. The van der Waals surface area contributed by atoms with E-state index in [1.54, 1.807) is 12.3 Å². The van der Waals surface area contributed by atoms with Crippen LogP contribution in [0.1, 0.15) is 16.3 Å². The van der Waals surface area contributed by atoms with Gasteiger partial charge in [0.05, 0.1) is 23.7 Å². The average molecular weight is 502 g/mol. The summed E-state index contributed by atoms with van der Waals surface area (Å²) in [5.41, 5.74) is 1.55. The molecule has 0 bridgehead atoms. The first-order valence-electron chi connectivity index (χ1n) is 11.1. The van der Waals surface area contributed by atoms with E-state index >= 15 is 0 Å². The van der Waals surface area contributed by atoms with Gasteiger partial charge in [-0.3, -0.25) is 9.69 Å². The van der Waals surface area contributed by atoms with E-state index in [-0.39, 0.29) is 18.9 Å². The van der Waals surface area contributed by atoms with Gasteiger partial charge in [-0.15, -0.1) is 11.3 Å². The Morgan fingerprint density at radius 3 is 2.74 bits per heavy atom. The Kier molecular flexibility index (Phi) is 7.94. The lowest BCUT2D eigenvalue weighted by Crippen LogP contribution is -2.47. The molecule has 1 aliphatic heterocycles. The van der Waals surface area contributed by atoms with E-state index in [9.17, 15) is 4.79 Å². The maximum atomic E-state index is 12.5. The summed E-state index contributed by atoms with van der Waals surface area (Å²) >= 11 is 7.62. The number of halogens is 1. The van der Waals surface area contributed by atoms with Gasteiger partial charge in [0.15, 0.2) is 5.13 Å². The van der Waals surface area contributed by atoms with Crippen molar-refractivity contribution in [2.45, 2.75) is 20.3 Å². The zero-order valence-corrected chi connectivity index (χ0v) is 20.8. The molecule has 3 heterocycles. The molecule has 0 aliphatic carbocycles. The molecule has 9 nitrogen and oxygen atoms in total. The number of aliphatic hydroxyl groups is 1. The van der Waals surface area contributed by atoms with Crippen molar-refractivity contribution in [2.75, 3.05) is 54.9 Å². The third-order valence-corrected chi connectivity index (χ3v) is 6.77. The molecular formula is C23H28ClN7O2S. The Labute approximate surface area is 207 Å². The molecule has 3 aromatic rings. The van der Waals surface area contributed by atoms with E-state index in [0.29, 0.717) is 34.0 Å². The Hall–Kier alpha value is -2.79. The fourth-order valence-electron chi connectivity index (χ4n) is 3.81. The van der Waals surface area contributed by atoms with Gasteiger partial charge in [0.25, 0.3) is 0 Å². The third-order valence-electron chi connectivity index (χ3n) is 5.55. The van der Waals surface area contributed by atoms with E-state index in [2.05, 4.69) is 35.4 Å². The molecule has 0 atom stereocenters. The van der Waals surface area contributed by atoms with Gasteiger partial charge in [0.1, 0.15) is 17.5 Å². The number of β-amino-alcohol motifs (C(OH)–C–C–N with tert-alkyl or cyclic N) is 1. The summed E-state index contributed by atoms with van der Waals surface area (Å²) in [6.07, 6.45) is 1.90. The molecule has 1 fully saturated rings. The summed E-state index contributed by atoms with van der Waals surface area (Å²) < 4.78 is 0. The number of carbonyl (C=O) groups excluding carboxylic acids is 1. The highest BCUT2D eigenvalue weighted by molar-refractivity contribution is 7.15. The predicted octanol–water partition coefficient (Wildman–Crippen LogP) is 3.24. The van der Waals surface area contributed by atoms with Crippen molar-refractivity contribution in [2.24, 2.45) is 0 Å². The number of rotatable bonds is 8. The number of hydrogen-bond donors (Lipinski definition) is 3. The van der Waals surface area contributed by atoms with Gasteiger partial charge < -0.3 is 20.6 Å². The van der Waals surface area contributed by atoms with Crippen LogP contribution in [-0.4, -0.2) is 70.2 Å². The Morgan fingerprint density at radius 2 is 2.00 bits per heavy atom. The summed E-state index contributed by atoms with van der Waals surface area (Å²) in [6, 6.07) is 7.43. The molecule has 0 spiro atoms. The van der Waals surface area contributed by atoms with Crippen LogP contribution in [0.3, 0.4) is 0 Å². The molecule has 0 saturated carbocycles. The first kappa shape index (κ1) is 24.3. The second kappa shape index (κ2) is 11.1. The summed E-state index contributed by atoms with van der Waals surface area (Å²) in [7, 11) is 0. The Bertz CT molecular complexity index is 1130. The molecule has 1 aromatic carbocycles. The fraction of sp³-hybridized carbons (Fsp3) is 0.391. The van der Waals surface area contributed by atoms with Gasteiger partial charge in [-0.1, -0.05) is 23.7 Å². The summed E-state index contributed by atoms with van der Waals surface area (Å²) in [5.74, 6) is 2.05. The third kappa shape index (κ3) is 6.20. The molecule has 180 valence electrons. The second-order valence-corrected chi connectivity index (χ2v) is 9.65. The van der Waals surface area contributed by atoms with Gasteiger partial charge in [0, 0.05) is 49.9 Å². The highest BCUT2D eigenvalue weighted by Gasteiger charge is 2.19. The first-order valence-corrected chi connectivity index (χ1v) is 12.3. The van der Waals surface area contributed by atoms with E-state index < -0.39 is 0 Å². The van der Waals surface area contributed by atoms with Gasteiger partial charge in [-0.25, -0.2) is 15.0 Å². The summed E-state index contributed by atoms with van der Waals surface area (Å²) in [6.45, 7) is 8.11. The molecule has 3 N–H and O–H groups in total. The zero-order chi connectivity index (χ0) is 24.1. The van der Waals surface area contributed by atoms with Crippen molar-refractivity contribution in [1.82, 2.24) is 19.9 Å². The SMILES string of the molecule is Cc1nc(Nc2ncc(CC(=O)Nc3c(C)cccc3Cl)s2)cc(N2CCN(CCO)CC2)n1. The number of amides is 1. The van der Waals surface area contributed by atoms with E-state index in [1.165, 1.54) is 11.3 Å². The summed E-state index contributed by atoms with van der Waals surface area (Å²) in [4.78, 5) is 31.3. The van der Waals surface area contributed by atoms with E-state index in [1.807, 2.05) is 32.0 Å². The van der Waals surface area contributed by atoms with Gasteiger partial charge in [-0.2, -0.15) is 0 Å². The minimum Gasteiger partial charge on any atom is -0.395 e. The lowest BCUT2D eigenvalue weighted by atomic mass is 10.2. The molecule has 1 aliphatic rings. The lowest BCUT2D eigenvalue weighted by molar-refractivity contribution is -0.115. The molecule has 1 amide bonds. The number of hydrogen-bond acceptors (Lipinski definition) is 9. The van der Waals surface area contributed by atoms with Crippen LogP contribution in [-0.2, 0) is 11.2 Å². The maximum absolute atomic E-state index is 12.5. The number of anilines is 4. The van der Waals surface area contributed by atoms with Crippen molar-refractivity contribution < 1.29 is 9.90 Å². The van der Waals surface area contributed by atoms with Gasteiger partial charge >= 0.3 is 0 Å². The second-order valence-electron chi connectivity index (χ2n) is 8.12. The van der Waals surface area contributed by atoms with Crippen LogP contribution in [0, 0.1) is 13.8 Å². The quantitative estimate of drug-likeness (QED) is 0.432. The first-order chi connectivity index (χ1) is 16.4.